The van der Waals surface area contributed by atoms with Gasteiger partial charge < -0.3 is 9.88 Å². The first kappa shape index (κ1) is 12.7. The number of fused-ring (bicyclic) bond motifs is 1. The van der Waals surface area contributed by atoms with Crippen molar-refractivity contribution in [3.05, 3.63) is 34.4 Å². The smallest absolute Gasteiger partial charge is 0.0627 e. The van der Waals surface area contributed by atoms with Gasteiger partial charge in [-0.3, -0.25) is 0 Å². The van der Waals surface area contributed by atoms with Gasteiger partial charge in [0.05, 0.1) is 5.52 Å². The predicted molar refractivity (Wildman–Crippen MR) is 77.5 cm³/mol. The highest BCUT2D eigenvalue weighted by atomic mass is 79.9. The second-order valence-corrected chi connectivity index (χ2v) is 5.32. The zero-order chi connectivity index (χ0) is 12.4. The number of nitrogens with zero attached hydrogens (tertiary/aromatic N) is 1. The molecule has 2 aromatic rings. The lowest BCUT2D eigenvalue weighted by Gasteiger charge is -2.08. The highest BCUT2D eigenvalue weighted by molar-refractivity contribution is 9.10. The molecule has 1 aromatic carbocycles. The maximum Gasteiger partial charge on any atom is 0.0627 e. The Kier molecular flexibility index (Phi) is 3.89. The molecule has 17 heavy (non-hydrogen) atoms. The molecule has 0 bridgehead atoms. The highest BCUT2D eigenvalue weighted by Crippen LogP contribution is 2.29. The third-order valence-electron chi connectivity index (χ3n) is 3.29. The third kappa shape index (κ3) is 2.40. The van der Waals surface area contributed by atoms with E-state index in [2.05, 4.69) is 64.1 Å². The van der Waals surface area contributed by atoms with Gasteiger partial charge in [0, 0.05) is 28.6 Å². The van der Waals surface area contributed by atoms with E-state index in [1.165, 1.54) is 20.9 Å². The molecule has 1 atom stereocenters. The van der Waals surface area contributed by atoms with E-state index >= 15 is 0 Å². The number of halogens is 1. The Morgan fingerprint density at radius 2 is 2.18 bits per heavy atom. The summed E-state index contributed by atoms with van der Waals surface area (Å²) in [6, 6.07) is 6.94. The van der Waals surface area contributed by atoms with Crippen molar-refractivity contribution in [1.29, 1.82) is 0 Å². The Labute approximate surface area is 111 Å². The first-order valence-electron chi connectivity index (χ1n) is 6.10. The lowest BCUT2D eigenvalue weighted by atomic mass is 10.1. The highest BCUT2D eigenvalue weighted by Gasteiger charge is 2.11. The molecule has 0 fully saturated rings. The first-order chi connectivity index (χ1) is 8.17. The fraction of sp³-hybridized carbons (Fsp3) is 0.429. The van der Waals surface area contributed by atoms with E-state index in [1.807, 2.05) is 7.05 Å². The van der Waals surface area contributed by atoms with Gasteiger partial charge >= 0.3 is 0 Å². The molecule has 2 rings (SSSR count). The fourth-order valence-corrected chi connectivity index (χ4v) is 2.83. The van der Waals surface area contributed by atoms with Crippen molar-refractivity contribution in [3.63, 3.8) is 0 Å². The molecule has 0 saturated carbocycles. The van der Waals surface area contributed by atoms with Gasteiger partial charge in [-0.05, 0) is 54.9 Å². The van der Waals surface area contributed by atoms with Crippen LogP contribution in [0, 0.1) is 0 Å². The number of aromatic nitrogens is 1. The molecule has 0 aliphatic heterocycles. The van der Waals surface area contributed by atoms with Crippen LogP contribution in [0.4, 0.5) is 0 Å². The normalized spacial score (nSPS) is 13.2. The number of nitrogens with one attached hydrogen (secondary N) is 1. The van der Waals surface area contributed by atoms with Gasteiger partial charge in [0.2, 0.25) is 0 Å². The Morgan fingerprint density at radius 1 is 1.41 bits per heavy atom. The molecule has 0 aliphatic rings. The van der Waals surface area contributed by atoms with E-state index in [4.69, 9.17) is 0 Å². The van der Waals surface area contributed by atoms with Crippen molar-refractivity contribution in [2.75, 3.05) is 7.05 Å². The van der Waals surface area contributed by atoms with Crippen molar-refractivity contribution in [3.8, 4) is 0 Å². The van der Waals surface area contributed by atoms with Gasteiger partial charge in [0.15, 0.2) is 0 Å². The minimum Gasteiger partial charge on any atom is -0.347 e. The second-order valence-electron chi connectivity index (χ2n) is 4.47. The average Bonchev–Trinajstić information content (AvgIpc) is 2.69. The van der Waals surface area contributed by atoms with Crippen molar-refractivity contribution >= 4 is 26.8 Å². The van der Waals surface area contributed by atoms with E-state index in [0.717, 1.165) is 13.0 Å². The van der Waals surface area contributed by atoms with Gasteiger partial charge in [0.25, 0.3) is 0 Å². The van der Waals surface area contributed by atoms with Crippen LogP contribution in [0.3, 0.4) is 0 Å². The van der Waals surface area contributed by atoms with Crippen LogP contribution in [0.25, 0.3) is 10.9 Å². The minimum absolute atomic E-state index is 0.505. The minimum atomic E-state index is 0.505. The molecule has 2 nitrogen and oxygen atoms in total. The van der Waals surface area contributed by atoms with Crippen LogP contribution in [-0.2, 0) is 13.0 Å². The van der Waals surface area contributed by atoms with Crippen molar-refractivity contribution < 1.29 is 0 Å². The van der Waals surface area contributed by atoms with Gasteiger partial charge in [0.1, 0.15) is 0 Å². The Hall–Kier alpha value is -0.800. The summed E-state index contributed by atoms with van der Waals surface area (Å²) in [6.45, 7) is 5.41. The predicted octanol–water partition coefficient (Wildman–Crippen LogP) is 3.57. The van der Waals surface area contributed by atoms with Crippen molar-refractivity contribution in [2.45, 2.75) is 32.9 Å². The summed E-state index contributed by atoms with van der Waals surface area (Å²) >= 11 is 3.65. The maximum absolute atomic E-state index is 3.65. The molecule has 1 N–H and O–H groups in total. The average molecular weight is 295 g/mol. The quantitative estimate of drug-likeness (QED) is 0.912. The lowest BCUT2D eigenvalue weighted by molar-refractivity contribution is 0.609. The van der Waals surface area contributed by atoms with E-state index in [-0.39, 0.29) is 0 Å². The molecule has 0 aliphatic carbocycles. The molecule has 92 valence electrons. The Bertz CT molecular complexity index is 516. The van der Waals surface area contributed by atoms with Gasteiger partial charge in [-0.25, -0.2) is 0 Å². The van der Waals surface area contributed by atoms with E-state index in [1.54, 1.807) is 0 Å². The third-order valence-corrected chi connectivity index (χ3v) is 3.93. The number of rotatable bonds is 4. The summed E-state index contributed by atoms with van der Waals surface area (Å²) in [4.78, 5) is 0. The summed E-state index contributed by atoms with van der Waals surface area (Å²) in [5.74, 6) is 0. The summed E-state index contributed by atoms with van der Waals surface area (Å²) in [5.41, 5.74) is 2.73. The first-order valence-corrected chi connectivity index (χ1v) is 6.90. The molecule has 0 amide bonds. The Balaban J connectivity index is 2.53. The number of benzene rings is 1. The van der Waals surface area contributed by atoms with Crippen molar-refractivity contribution in [1.82, 2.24) is 9.88 Å². The number of hydrogen-bond donors (Lipinski definition) is 1. The van der Waals surface area contributed by atoms with Gasteiger partial charge in [-0.2, -0.15) is 0 Å². The van der Waals surface area contributed by atoms with E-state index < -0.39 is 0 Å². The van der Waals surface area contributed by atoms with Crippen LogP contribution in [0.2, 0.25) is 0 Å². The standard InChI is InChI=1S/C14H19BrN2/c1-4-17-9-11(8-10(2)16-3)12-6-5-7-13(15)14(12)17/h5-7,9-10,16H,4,8H2,1-3H3. The summed E-state index contributed by atoms with van der Waals surface area (Å²) in [5, 5.41) is 4.66. The fourth-order valence-electron chi connectivity index (χ4n) is 2.23. The van der Waals surface area contributed by atoms with Crippen LogP contribution < -0.4 is 5.32 Å². The molecule has 3 heteroatoms. The molecule has 0 saturated heterocycles. The van der Waals surface area contributed by atoms with Gasteiger partial charge in [-0.15, -0.1) is 0 Å². The molecule has 0 spiro atoms. The van der Waals surface area contributed by atoms with Crippen LogP contribution in [0.15, 0.2) is 28.9 Å². The second kappa shape index (κ2) is 5.23. The van der Waals surface area contributed by atoms with E-state index in [9.17, 15) is 0 Å². The van der Waals surface area contributed by atoms with Crippen LogP contribution in [0.5, 0.6) is 0 Å². The molecular formula is C14H19BrN2. The summed E-state index contributed by atoms with van der Waals surface area (Å²) in [7, 11) is 2.01. The molecule has 1 unspecified atom stereocenters. The number of hydrogen-bond acceptors (Lipinski definition) is 1. The Morgan fingerprint density at radius 3 is 2.82 bits per heavy atom. The summed E-state index contributed by atoms with van der Waals surface area (Å²) in [6.07, 6.45) is 3.35. The molecule has 0 radical (unpaired) electrons. The molecule has 1 aromatic heterocycles. The summed E-state index contributed by atoms with van der Waals surface area (Å²) < 4.78 is 3.50. The van der Waals surface area contributed by atoms with Crippen molar-refractivity contribution in [2.24, 2.45) is 0 Å². The number of para-hydroxylation sites is 1. The number of likely N-dealkylation sites (N-methyl/N-ethyl adjacent to an activating group) is 1. The van der Waals surface area contributed by atoms with Crippen LogP contribution in [0.1, 0.15) is 19.4 Å². The monoisotopic (exact) mass is 294 g/mol. The SMILES string of the molecule is CCn1cc(CC(C)NC)c2cccc(Br)c21. The number of aryl methyl sites for hydroxylation is 1. The lowest BCUT2D eigenvalue weighted by Crippen LogP contribution is -2.23. The van der Waals surface area contributed by atoms with Crippen LogP contribution >= 0.6 is 15.9 Å². The molecular weight excluding hydrogens is 276 g/mol. The van der Waals surface area contributed by atoms with Gasteiger partial charge in [-0.1, -0.05) is 12.1 Å². The van der Waals surface area contributed by atoms with E-state index in [0.29, 0.717) is 6.04 Å². The maximum atomic E-state index is 3.65. The topological polar surface area (TPSA) is 17.0 Å². The largest absolute Gasteiger partial charge is 0.347 e. The zero-order valence-corrected chi connectivity index (χ0v) is 12.2. The molecule has 1 heterocycles. The zero-order valence-electron chi connectivity index (χ0n) is 10.6. The van der Waals surface area contributed by atoms with Crippen LogP contribution in [-0.4, -0.2) is 17.7 Å².